The van der Waals surface area contributed by atoms with Crippen molar-refractivity contribution >= 4 is 5.78 Å². The van der Waals surface area contributed by atoms with Crippen molar-refractivity contribution in [1.29, 1.82) is 0 Å². The Labute approximate surface area is 152 Å². The van der Waals surface area contributed by atoms with E-state index >= 15 is 0 Å². The van der Waals surface area contributed by atoms with Crippen molar-refractivity contribution in [3.05, 3.63) is 64.4 Å². The molecule has 2 aromatic carbocycles. The molecule has 4 rings (SSSR count). The van der Waals surface area contributed by atoms with Crippen LogP contribution in [0.5, 0.6) is 17.2 Å². The smallest absolute Gasteiger partial charge is 0.231 e. The molecule has 2 aromatic rings. The second-order valence-electron chi connectivity index (χ2n) is 6.79. The van der Waals surface area contributed by atoms with Crippen molar-refractivity contribution in [2.75, 3.05) is 13.8 Å². The lowest BCUT2D eigenvalue weighted by Gasteiger charge is -2.29. The normalized spacial score (nSPS) is 15.8. The number of rotatable bonds is 3. The van der Waals surface area contributed by atoms with Gasteiger partial charge in [0.05, 0.1) is 18.2 Å². The maximum atomic E-state index is 12.5. The molecule has 0 N–H and O–H groups in total. The number of allylic oxidation sites excluding steroid dienone is 2. The van der Waals surface area contributed by atoms with Crippen LogP contribution in [0.1, 0.15) is 35.3 Å². The lowest BCUT2D eigenvalue weighted by Crippen LogP contribution is -2.31. The van der Waals surface area contributed by atoms with Gasteiger partial charge in [0.2, 0.25) is 5.78 Å². The van der Waals surface area contributed by atoms with Crippen molar-refractivity contribution in [3.8, 4) is 17.2 Å². The van der Waals surface area contributed by atoms with E-state index in [0.717, 1.165) is 29.2 Å². The first-order valence-electron chi connectivity index (χ1n) is 8.61. The Hall–Kier alpha value is -2.79. The molecule has 0 aliphatic carbocycles. The van der Waals surface area contributed by atoms with E-state index in [-0.39, 0.29) is 5.78 Å². The average Bonchev–Trinajstić information content (AvgIpc) is 3.00. The lowest BCUT2D eigenvalue weighted by molar-refractivity contribution is 0.0872. The molecular weight excluding hydrogens is 330 g/mol. The van der Waals surface area contributed by atoms with Crippen LogP contribution in [0.25, 0.3) is 0 Å². The second kappa shape index (κ2) is 6.50. The van der Waals surface area contributed by atoms with E-state index in [2.05, 4.69) is 4.90 Å². The third-order valence-electron chi connectivity index (χ3n) is 4.68. The predicted molar refractivity (Wildman–Crippen MR) is 97.5 cm³/mol. The summed E-state index contributed by atoms with van der Waals surface area (Å²) >= 11 is 0. The van der Waals surface area contributed by atoms with Crippen LogP contribution in [0.3, 0.4) is 0 Å². The minimum Gasteiger partial charge on any atom is -0.497 e. The van der Waals surface area contributed by atoms with Crippen molar-refractivity contribution in [1.82, 2.24) is 4.90 Å². The Morgan fingerprint density at radius 2 is 1.92 bits per heavy atom. The van der Waals surface area contributed by atoms with Gasteiger partial charge in [0.25, 0.3) is 0 Å². The Bertz CT molecular complexity index is 895. The molecule has 0 saturated carbocycles. The quantitative estimate of drug-likeness (QED) is 0.785. The van der Waals surface area contributed by atoms with Crippen LogP contribution in [0.4, 0.5) is 0 Å². The minimum atomic E-state index is -0.0462. The molecule has 0 bridgehead atoms. The molecule has 0 amide bonds. The van der Waals surface area contributed by atoms with Gasteiger partial charge in [-0.05, 0) is 49.2 Å². The molecule has 0 spiro atoms. The number of hydrogen-bond donors (Lipinski definition) is 0. The fourth-order valence-corrected chi connectivity index (χ4v) is 3.31. The monoisotopic (exact) mass is 351 g/mol. The fraction of sp³-hybridized carbons (Fsp3) is 0.286. The molecule has 2 heterocycles. The van der Waals surface area contributed by atoms with E-state index < -0.39 is 0 Å². The zero-order valence-corrected chi connectivity index (χ0v) is 15.2. The molecule has 0 saturated heterocycles. The first-order chi connectivity index (χ1) is 12.6. The molecule has 0 radical (unpaired) electrons. The molecule has 2 aliphatic heterocycles. The summed E-state index contributed by atoms with van der Waals surface area (Å²) < 4.78 is 17.0. The second-order valence-corrected chi connectivity index (χ2v) is 6.79. The number of ether oxygens (including phenoxy) is 3. The number of benzene rings is 2. The van der Waals surface area contributed by atoms with Gasteiger partial charge in [0.1, 0.15) is 24.0 Å². The standard InChI is InChI=1S/C21H21NO4/c1-13(2)20-19(23)16-8-9-18-17(21(16)26-20)11-22(12-25-18)10-14-4-6-15(24-3)7-5-14/h4-9H,10-12H2,1-3H3. The van der Waals surface area contributed by atoms with Crippen LogP contribution in [0.15, 0.2) is 47.7 Å². The first kappa shape index (κ1) is 16.7. The van der Waals surface area contributed by atoms with Crippen molar-refractivity contribution in [3.63, 3.8) is 0 Å². The number of methoxy groups -OCH3 is 1. The summed E-state index contributed by atoms with van der Waals surface area (Å²) in [6, 6.07) is 11.7. The summed E-state index contributed by atoms with van der Waals surface area (Å²) in [5.41, 5.74) is 3.61. The molecule has 5 heteroatoms. The Morgan fingerprint density at radius 3 is 2.62 bits per heavy atom. The van der Waals surface area contributed by atoms with E-state index in [9.17, 15) is 4.79 Å². The van der Waals surface area contributed by atoms with Gasteiger partial charge < -0.3 is 14.2 Å². The van der Waals surface area contributed by atoms with Crippen LogP contribution < -0.4 is 14.2 Å². The van der Waals surface area contributed by atoms with Crippen molar-refractivity contribution < 1.29 is 19.0 Å². The van der Waals surface area contributed by atoms with Crippen LogP contribution in [-0.2, 0) is 13.1 Å². The van der Waals surface area contributed by atoms with Gasteiger partial charge in [-0.2, -0.15) is 0 Å². The zero-order chi connectivity index (χ0) is 18.3. The summed E-state index contributed by atoms with van der Waals surface area (Å²) in [5.74, 6) is 2.66. The summed E-state index contributed by atoms with van der Waals surface area (Å²) in [4.78, 5) is 14.7. The van der Waals surface area contributed by atoms with Gasteiger partial charge >= 0.3 is 0 Å². The molecule has 0 fully saturated rings. The number of nitrogens with zero attached hydrogens (tertiary/aromatic N) is 1. The molecule has 0 aromatic heterocycles. The highest BCUT2D eigenvalue weighted by Gasteiger charge is 2.34. The van der Waals surface area contributed by atoms with E-state index in [1.54, 1.807) is 13.2 Å². The molecule has 5 nitrogen and oxygen atoms in total. The van der Waals surface area contributed by atoms with Crippen LogP contribution in [0, 0.1) is 0 Å². The Kier molecular flexibility index (Phi) is 4.17. The SMILES string of the molecule is COc1ccc(CN2COc3ccc4c(c3C2)OC(=C(C)C)C4=O)cc1. The van der Waals surface area contributed by atoms with Gasteiger partial charge in [-0.3, -0.25) is 9.69 Å². The van der Waals surface area contributed by atoms with Crippen LogP contribution >= 0.6 is 0 Å². The number of carbonyl (C=O) groups is 1. The Balaban J connectivity index is 1.59. The Morgan fingerprint density at radius 1 is 1.15 bits per heavy atom. The summed E-state index contributed by atoms with van der Waals surface area (Å²) in [7, 11) is 1.66. The highest BCUT2D eigenvalue weighted by Crippen LogP contribution is 2.42. The highest BCUT2D eigenvalue weighted by atomic mass is 16.5. The molecule has 0 unspecified atom stereocenters. The molecule has 2 aliphatic rings. The average molecular weight is 351 g/mol. The highest BCUT2D eigenvalue weighted by molar-refractivity contribution is 6.13. The molecule has 26 heavy (non-hydrogen) atoms. The molecular formula is C21H21NO4. The van der Waals surface area contributed by atoms with Crippen molar-refractivity contribution in [2.24, 2.45) is 0 Å². The molecule has 0 atom stereocenters. The maximum Gasteiger partial charge on any atom is 0.231 e. The summed E-state index contributed by atoms with van der Waals surface area (Å²) in [6.07, 6.45) is 0. The van der Waals surface area contributed by atoms with E-state index in [1.807, 2.05) is 44.2 Å². The van der Waals surface area contributed by atoms with Crippen LogP contribution in [0.2, 0.25) is 0 Å². The minimum absolute atomic E-state index is 0.0462. The lowest BCUT2D eigenvalue weighted by atomic mass is 10.0. The van der Waals surface area contributed by atoms with Gasteiger partial charge in [0.15, 0.2) is 5.76 Å². The molecule has 134 valence electrons. The summed E-state index contributed by atoms with van der Waals surface area (Å²) in [5, 5.41) is 0. The number of Topliss-reactive ketones (excluding diaryl/α,β-unsaturated/α-hetero) is 1. The third-order valence-corrected chi connectivity index (χ3v) is 4.68. The van der Waals surface area contributed by atoms with E-state index in [0.29, 0.717) is 30.3 Å². The summed E-state index contributed by atoms with van der Waals surface area (Å²) in [6.45, 7) is 5.70. The largest absolute Gasteiger partial charge is 0.497 e. The topological polar surface area (TPSA) is 48.0 Å². The van der Waals surface area contributed by atoms with E-state index in [1.165, 1.54) is 5.56 Å². The third kappa shape index (κ3) is 2.84. The fourth-order valence-electron chi connectivity index (χ4n) is 3.31. The zero-order valence-electron chi connectivity index (χ0n) is 15.2. The van der Waals surface area contributed by atoms with Crippen LogP contribution in [-0.4, -0.2) is 24.5 Å². The number of carbonyl (C=O) groups excluding carboxylic acids is 1. The van der Waals surface area contributed by atoms with Crippen molar-refractivity contribution in [2.45, 2.75) is 26.9 Å². The number of ketones is 1. The van der Waals surface area contributed by atoms with Gasteiger partial charge in [-0.25, -0.2) is 0 Å². The predicted octanol–water partition coefficient (Wildman–Crippen LogP) is 3.92. The number of hydrogen-bond acceptors (Lipinski definition) is 5. The van der Waals surface area contributed by atoms with Gasteiger partial charge in [-0.15, -0.1) is 0 Å². The van der Waals surface area contributed by atoms with Gasteiger partial charge in [-0.1, -0.05) is 12.1 Å². The number of fused-ring (bicyclic) bond motifs is 3. The van der Waals surface area contributed by atoms with Gasteiger partial charge in [0, 0.05) is 13.1 Å². The maximum absolute atomic E-state index is 12.5. The van der Waals surface area contributed by atoms with E-state index in [4.69, 9.17) is 14.2 Å². The first-order valence-corrected chi connectivity index (χ1v) is 8.61.